The molecule has 1 heteroatoms. The SMILES string of the molecule is CCCCc1cc2c([nH]1)CC=CC=C2. The molecule has 0 saturated carbocycles. The second kappa shape index (κ2) is 4.32. The average Bonchev–Trinajstić information content (AvgIpc) is 2.46. The third kappa shape index (κ3) is 1.98. The van der Waals surface area contributed by atoms with Gasteiger partial charge in [0.1, 0.15) is 0 Å². The zero-order chi connectivity index (χ0) is 9.80. The zero-order valence-corrected chi connectivity index (χ0v) is 8.72. The van der Waals surface area contributed by atoms with E-state index in [-0.39, 0.29) is 0 Å². The van der Waals surface area contributed by atoms with Crippen molar-refractivity contribution in [3.05, 3.63) is 41.2 Å². The van der Waals surface area contributed by atoms with Gasteiger partial charge in [0.25, 0.3) is 0 Å². The van der Waals surface area contributed by atoms with Gasteiger partial charge in [-0.15, -0.1) is 0 Å². The van der Waals surface area contributed by atoms with E-state index in [0.29, 0.717) is 0 Å². The van der Waals surface area contributed by atoms with Crippen LogP contribution in [0.15, 0.2) is 24.3 Å². The van der Waals surface area contributed by atoms with E-state index in [1.165, 1.54) is 36.2 Å². The number of H-pyrrole nitrogens is 1. The molecule has 0 saturated heterocycles. The lowest BCUT2D eigenvalue weighted by Crippen LogP contribution is -1.86. The highest BCUT2D eigenvalue weighted by atomic mass is 14.7. The van der Waals surface area contributed by atoms with Crippen LogP contribution in [0.25, 0.3) is 6.08 Å². The van der Waals surface area contributed by atoms with Gasteiger partial charge >= 0.3 is 0 Å². The molecule has 1 aromatic rings. The number of aromatic nitrogens is 1. The Morgan fingerprint density at radius 3 is 3.14 bits per heavy atom. The van der Waals surface area contributed by atoms with Crippen LogP contribution in [-0.2, 0) is 12.8 Å². The third-order valence-electron chi connectivity index (χ3n) is 2.63. The summed E-state index contributed by atoms with van der Waals surface area (Å²) in [7, 11) is 0. The standard InChI is InChI=1S/C13H17N/c1-2-3-8-12-10-11-7-5-4-6-9-13(11)14-12/h4-7,10,14H,2-3,8-9H2,1H3. The number of nitrogens with one attached hydrogen (secondary N) is 1. The largest absolute Gasteiger partial charge is 0.361 e. The van der Waals surface area contributed by atoms with Crippen molar-refractivity contribution in [2.75, 3.05) is 0 Å². The molecule has 1 heterocycles. The predicted molar refractivity (Wildman–Crippen MR) is 61.3 cm³/mol. The zero-order valence-electron chi connectivity index (χ0n) is 8.72. The molecule has 14 heavy (non-hydrogen) atoms. The van der Waals surface area contributed by atoms with E-state index in [2.05, 4.69) is 42.3 Å². The molecular formula is C13H17N. The monoisotopic (exact) mass is 187 g/mol. The molecule has 0 bridgehead atoms. The molecule has 74 valence electrons. The second-order valence-corrected chi connectivity index (χ2v) is 3.82. The summed E-state index contributed by atoms with van der Waals surface area (Å²) in [6, 6.07) is 2.29. The number of hydrogen-bond donors (Lipinski definition) is 1. The molecule has 1 aliphatic carbocycles. The number of fused-ring (bicyclic) bond motifs is 1. The van der Waals surface area contributed by atoms with Crippen molar-refractivity contribution >= 4 is 6.08 Å². The van der Waals surface area contributed by atoms with E-state index in [0.717, 1.165) is 6.42 Å². The lowest BCUT2D eigenvalue weighted by molar-refractivity contribution is 0.778. The smallest absolute Gasteiger partial charge is 0.0261 e. The van der Waals surface area contributed by atoms with Crippen molar-refractivity contribution < 1.29 is 0 Å². The van der Waals surface area contributed by atoms with Crippen molar-refractivity contribution in [2.45, 2.75) is 32.6 Å². The molecule has 0 unspecified atom stereocenters. The lowest BCUT2D eigenvalue weighted by atomic mass is 10.1. The van der Waals surface area contributed by atoms with Gasteiger partial charge in [0.15, 0.2) is 0 Å². The summed E-state index contributed by atoms with van der Waals surface area (Å²) in [5.74, 6) is 0. The first-order chi connectivity index (χ1) is 6.90. The van der Waals surface area contributed by atoms with Crippen LogP contribution < -0.4 is 0 Å². The Kier molecular flexibility index (Phi) is 2.87. The van der Waals surface area contributed by atoms with Gasteiger partial charge in [-0.2, -0.15) is 0 Å². The van der Waals surface area contributed by atoms with Crippen molar-refractivity contribution in [1.82, 2.24) is 4.98 Å². The van der Waals surface area contributed by atoms with E-state index >= 15 is 0 Å². The highest BCUT2D eigenvalue weighted by Gasteiger charge is 2.05. The number of allylic oxidation sites excluding steroid dienone is 3. The van der Waals surface area contributed by atoms with Crippen LogP contribution in [-0.4, -0.2) is 4.98 Å². The average molecular weight is 187 g/mol. The van der Waals surface area contributed by atoms with E-state index in [9.17, 15) is 0 Å². The first-order valence-electron chi connectivity index (χ1n) is 5.44. The summed E-state index contributed by atoms with van der Waals surface area (Å²) in [5, 5.41) is 0. The van der Waals surface area contributed by atoms with Crippen LogP contribution in [0, 0.1) is 0 Å². The highest BCUT2D eigenvalue weighted by molar-refractivity contribution is 5.57. The maximum atomic E-state index is 3.51. The van der Waals surface area contributed by atoms with Crippen LogP contribution in [0.1, 0.15) is 36.7 Å². The Balaban J connectivity index is 2.16. The molecule has 0 fully saturated rings. The molecule has 1 nitrogen and oxygen atoms in total. The fourth-order valence-electron chi connectivity index (χ4n) is 1.82. The van der Waals surface area contributed by atoms with Gasteiger partial charge in [0.05, 0.1) is 0 Å². The van der Waals surface area contributed by atoms with Crippen molar-refractivity contribution in [3.63, 3.8) is 0 Å². The van der Waals surface area contributed by atoms with Crippen molar-refractivity contribution in [2.24, 2.45) is 0 Å². The summed E-state index contributed by atoms with van der Waals surface area (Å²) in [6.07, 6.45) is 13.4. The Labute approximate surface area is 85.5 Å². The Morgan fingerprint density at radius 1 is 1.36 bits per heavy atom. The van der Waals surface area contributed by atoms with Gasteiger partial charge in [-0.05, 0) is 24.5 Å². The molecule has 1 aromatic heterocycles. The summed E-state index contributed by atoms with van der Waals surface area (Å²) in [4.78, 5) is 3.51. The predicted octanol–water partition coefficient (Wildman–Crippen LogP) is 3.48. The highest BCUT2D eigenvalue weighted by Crippen LogP contribution is 2.17. The van der Waals surface area contributed by atoms with E-state index < -0.39 is 0 Å². The molecule has 0 radical (unpaired) electrons. The Bertz CT molecular complexity index is 355. The number of aryl methyl sites for hydroxylation is 1. The number of hydrogen-bond acceptors (Lipinski definition) is 0. The van der Waals surface area contributed by atoms with Gasteiger partial charge in [-0.3, -0.25) is 0 Å². The Morgan fingerprint density at radius 2 is 2.29 bits per heavy atom. The lowest BCUT2D eigenvalue weighted by Gasteiger charge is -1.94. The first-order valence-corrected chi connectivity index (χ1v) is 5.44. The minimum Gasteiger partial charge on any atom is -0.361 e. The van der Waals surface area contributed by atoms with Crippen LogP contribution in [0.4, 0.5) is 0 Å². The molecule has 1 N–H and O–H groups in total. The van der Waals surface area contributed by atoms with Crippen molar-refractivity contribution in [3.8, 4) is 0 Å². The molecule has 0 atom stereocenters. The summed E-state index contributed by atoms with van der Waals surface area (Å²) in [5.41, 5.74) is 4.11. The second-order valence-electron chi connectivity index (χ2n) is 3.82. The number of rotatable bonds is 3. The molecule has 0 amide bonds. The Hall–Kier alpha value is -1.24. The normalized spacial score (nSPS) is 14.1. The molecule has 0 spiro atoms. The summed E-state index contributed by atoms with van der Waals surface area (Å²) >= 11 is 0. The van der Waals surface area contributed by atoms with Gasteiger partial charge in [0.2, 0.25) is 0 Å². The fraction of sp³-hybridized carbons (Fsp3) is 0.385. The first kappa shape index (κ1) is 9.32. The molecular weight excluding hydrogens is 170 g/mol. The van der Waals surface area contributed by atoms with Gasteiger partial charge in [-0.25, -0.2) is 0 Å². The fourth-order valence-corrected chi connectivity index (χ4v) is 1.82. The van der Waals surface area contributed by atoms with Gasteiger partial charge in [-0.1, -0.05) is 37.6 Å². The molecule has 0 aliphatic heterocycles. The molecule has 1 aliphatic rings. The number of aromatic amines is 1. The van der Waals surface area contributed by atoms with Crippen LogP contribution in [0.2, 0.25) is 0 Å². The van der Waals surface area contributed by atoms with Crippen LogP contribution >= 0.6 is 0 Å². The maximum absolute atomic E-state index is 3.51. The quantitative estimate of drug-likeness (QED) is 0.745. The van der Waals surface area contributed by atoms with Gasteiger partial charge < -0.3 is 4.98 Å². The molecule has 0 aromatic carbocycles. The summed E-state index contributed by atoms with van der Waals surface area (Å²) < 4.78 is 0. The van der Waals surface area contributed by atoms with E-state index in [1.54, 1.807) is 0 Å². The minimum atomic E-state index is 1.04. The maximum Gasteiger partial charge on any atom is 0.0261 e. The molecule has 2 rings (SSSR count). The summed E-state index contributed by atoms with van der Waals surface area (Å²) in [6.45, 7) is 2.23. The topological polar surface area (TPSA) is 15.8 Å². The van der Waals surface area contributed by atoms with Gasteiger partial charge in [0, 0.05) is 17.8 Å². The van der Waals surface area contributed by atoms with E-state index in [4.69, 9.17) is 0 Å². The van der Waals surface area contributed by atoms with Crippen LogP contribution in [0.3, 0.4) is 0 Å². The minimum absolute atomic E-state index is 1.04. The number of unbranched alkanes of at least 4 members (excludes halogenated alkanes) is 1. The van der Waals surface area contributed by atoms with Crippen molar-refractivity contribution in [1.29, 1.82) is 0 Å². The third-order valence-corrected chi connectivity index (χ3v) is 2.63. The van der Waals surface area contributed by atoms with E-state index in [1.807, 2.05) is 0 Å². The van der Waals surface area contributed by atoms with Crippen LogP contribution in [0.5, 0.6) is 0 Å².